The molecule has 1 fully saturated rings. The first-order chi connectivity index (χ1) is 9.56. The molecule has 0 aliphatic carbocycles. The van der Waals surface area contributed by atoms with E-state index in [1.807, 2.05) is 0 Å². The van der Waals surface area contributed by atoms with Gasteiger partial charge in [-0.3, -0.25) is 10.1 Å². The minimum atomic E-state index is -0.279. The number of rotatable bonds is 10. The third-order valence-corrected chi connectivity index (χ3v) is 3.93. The van der Waals surface area contributed by atoms with Gasteiger partial charge in [0.25, 0.3) is 0 Å². The molecule has 0 radical (unpaired) electrons. The lowest BCUT2D eigenvalue weighted by Crippen LogP contribution is -2.30. The van der Waals surface area contributed by atoms with E-state index in [1.54, 1.807) is 0 Å². The van der Waals surface area contributed by atoms with Crippen LogP contribution < -0.4 is 5.32 Å². The normalized spacial score (nSPS) is 18.2. The Morgan fingerprint density at radius 1 is 1.25 bits per heavy atom. The van der Waals surface area contributed by atoms with Gasteiger partial charge in [0.1, 0.15) is 6.54 Å². The zero-order chi connectivity index (χ0) is 15.0. The van der Waals surface area contributed by atoms with Gasteiger partial charge >= 0.3 is 6.03 Å². The summed E-state index contributed by atoms with van der Waals surface area (Å²) in [5.41, 5.74) is 0. The summed E-state index contributed by atoms with van der Waals surface area (Å²) in [5, 5.41) is 2.27. The molecule has 1 N–H and O–H groups in total. The number of nitrogens with zero attached hydrogens (tertiary/aromatic N) is 1. The Hall–Kier alpha value is -1.10. The van der Waals surface area contributed by atoms with Crippen LogP contribution in [0.3, 0.4) is 0 Å². The number of carbonyl (C=O) groups is 2. The van der Waals surface area contributed by atoms with Gasteiger partial charge in [-0.2, -0.15) is 0 Å². The standard InChI is InChI=1S/C15H28N2O3/c1-4-12(3)7-8-13(5-2)20-10-6-9-17-11-14(18)16-15(17)19/h12-13H,4-11H2,1-3H3,(H,16,18,19). The fraction of sp³-hybridized carbons (Fsp3) is 0.867. The van der Waals surface area contributed by atoms with Gasteiger partial charge in [-0.1, -0.05) is 27.2 Å². The van der Waals surface area contributed by atoms with Gasteiger partial charge in [-0.15, -0.1) is 0 Å². The van der Waals surface area contributed by atoms with Crippen LogP contribution in [0.15, 0.2) is 0 Å². The summed E-state index contributed by atoms with van der Waals surface area (Å²) in [4.78, 5) is 23.9. The number of amides is 3. The van der Waals surface area contributed by atoms with E-state index in [9.17, 15) is 9.59 Å². The van der Waals surface area contributed by atoms with Gasteiger partial charge in [-0.05, 0) is 31.6 Å². The van der Waals surface area contributed by atoms with Crippen LogP contribution in [-0.4, -0.2) is 42.6 Å². The van der Waals surface area contributed by atoms with Crippen LogP contribution in [0.25, 0.3) is 0 Å². The highest BCUT2D eigenvalue weighted by Crippen LogP contribution is 2.15. The van der Waals surface area contributed by atoms with Crippen molar-refractivity contribution in [2.45, 2.75) is 59.0 Å². The Kier molecular flexibility index (Phi) is 7.59. The summed E-state index contributed by atoms with van der Waals surface area (Å²) < 4.78 is 5.86. The molecule has 5 heteroatoms. The van der Waals surface area contributed by atoms with E-state index in [0.717, 1.165) is 25.2 Å². The SMILES string of the molecule is CCC(C)CCC(CC)OCCCN1CC(=O)NC1=O. The summed E-state index contributed by atoms with van der Waals surface area (Å²) in [7, 11) is 0. The predicted molar refractivity (Wildman–Crippen MR) is 78.4 cm³/mol. The maximum atomic E-state index is 11.3. The van der Waals surface area contributed by atoms with Crippen LogP contribution in [0.5, 0.6) is 0 Å². The number of hydrogen-bond donors (Lipinski definition) is 1. The maximum absolute atomic E-state index is 11.3. The number of nitrogens with one attached hydrogen (secondary N) is 1. The van der Waals surface area contributed by atoms with Crippen molar-refractivity contribution in [3.8, 4) is 0 Å². The Labute approximate surface area is 122 Å². The van der Waals surface area contributed by atoms with E-state index in [4.69, 9.17) is 4.74 Å². The Morgan fingerprint density at radius 3 is 2.55 bits per heavy atom. The highest BCUT2D eigenvalue weighted by Gasteiger charge is 2.25. The van der Waals surface area contributed by atoms with Crippen molar-refractivity contribution in [3.63, 3.8) is 0 Å². The summed E-state index contributed by atoms with van der Waals surface area (Å²) in [5.74, 6) is 0.544. The Bertz CT molecular complexity index is 320. The molecule has 1 heterocycles. The average Bonchev–Trinajstić information content (AvgIpc) is 2.75. The van der Waals surface area contributed by atoms with Crippen LogP contribution in [0.1, 0.15) is 52.9 Å². The molecular weight excluding hydrogens is 256 g/mol. The lowest BCUT2D eigenvalue weighted by Gasteiger charge is -2.19. The molecular formula is C15H28N2O3. The molecule has 0 saturated carbocycles. The Balaban J connectivity index is 2.12. The second kappa shape index (κ2) is 8.95. The van der Waals surface area contributed by atoms with Crippen LogP contribution in [-0.2, 0) is 9.53 Å². The Morgan fingerprint density at radius 2 is 2.00 bits per heavy atom. The number of ether oxygens (including phenoxy) is 1. The minimum absolute atomic E-state index is 0.185. The quantitative estimate of drug-likeness (QED) is 0.495. The van der Waals surface area contributed by atoms with Gasteiger partial charge in [0.05, 0.1) is 6.10 Å². The number of imide groups is 1. The third kappa shape index (κ3) is 5.90. The molecule has 1 rings (SSSR count). The number of urea groups is 1. The van der Waals surface area contributed by atoms with Gasteiger partial charge < -0.3 is 9.64 Å². The molecule has 5 nitrogen and oxygen atoms in total. The molecule has 20 heavy (non-hydrogen) atoms. The summed E-state index contributed by atoms with van der Waals surface area (Å²) in [6.45, 7) is 8.05. The van der Waals surface area contributed by atoms with Crippen LogP contribution in [0, 0.1) is 5.92 Å². The number of carbonyl (C=O) groups excluding carboxylic acids is 2. The van der Waals surface area contributed by atoms with E-state index in [1.165, 1.54) is 17.7 Å². The molecule has 0 aromatic carbocycles. The monoisotopic (exact) mass is 284 g/mol. The lowest BCUT2D eigenvalue weighted by atomic mass is 9.99. The zero-order valence-corrected chi connectivity index (χ0v) is 13.0. The van der Waals surface area contributed by atoms with Gasteiger partial charge in [0.2, 0.25) is 5.91 Å². The highest BCUT2D eigenvalue weighted by molar-refractivity contribution is 6.01. The van der Waals surface area contributed by atoms with E-state index in [-0.39, 0.29) is 18.5 Å². The molecule has 116 valence electrons. The van der Waals surface area contributed by atoms with Crippen molar-refractivity contribution in [1.82, 2.24) is 10.2 Å². The van der Waals surface area contributed by atoms with Crippen molar-refractivity contribution in [2.75, 3.05) is 19.7 Å². The average molecular weight is 284 g/mol. The molecule has 0 spiro atoms. The topological polar surface area (TPSA) is 58.6 Å². The molecule has 3 amide bonds. The summed E-state index contributed by atoms with van der Waals surface area (Å²) >= 11 is 0. The smallest absolute Gasteiger partial charge is 0.324 e. The van der Waals surface area contributed by atoms with Crippen molar-refractivity contribution in [2.24, 2.45) is 5.92 Å². The van der Waals surface area contributed by atoms with Gasteiger partial charge in [0.15, 0.2) is 0 Å². The van der Waals surface area contributed by atoms with Crippen LogP contribution in [0.2, 0.25) is 0 Å². The van der Waals surface area contributed by atoms with Crippen molar-refractivity contribution < 1.29 is 14.3 Å². The first-order valence-corrected chi connectivity index (χ1v) is 7.77. The van der Waals surface area contributed by atoms with Crippen molar-refractivity contribution >= 4 is 11.9 Å². The predicted octanol–water partition coefficient (Wildman–Crippen LogP) is 2.55. The molecule has 1 aliphatic heterocycles. The molecule has 2 unspecified atom stereocenters. The summed E-state index contributed by atoms with van der Waals surface area (Å²) in [6.07, 6.45) is 5.65. The van der Waals surface area contributed by atoms with Crippen molar-refractivity contribution in [1.29, 1.82) is 0 Å². The molecule has 0 aromatic heterocycles. The van der Waals surface area contributed by atoms with E-state index < -0.39 is 0 Å². The molecule has 1 saturated heterocycles. The van der Waals surface area contributed by atoms with E-state index in [0.29, 0.717) is 19.3 Å². The maximum Gasteiger partial charge on any atom is 0.324 e. The first kappa shape index (κ1) is 17.0. The largest absolute Gasteiger partial charge is 0.378 e. The third-order valence-electron chi connectivity index (χ3n) is 3.93. The second-order valence-corrected chi connectivity index (χ2v) is 5.62. The minimum Gasteiger partial charge on any atom is -0.378 e. The van der Waals surface area contributed by atoms with Crippen molar-refractivity contribution in [3.05, 3.63) is 0 Å². The summed E-state index contributed by atoms with van der Waals surface area (Å²) in [6, 6.07) is -0.279. The van der Waals surface area contributed by atoms with Crippen LogP contribution >= 0.6 is 0 Å². The van der Waals surface area contributed by atoms with Gasteiger partial charge in [-0.25, -0.2) is 4.79 Å². The fourth-order valence-corrected chi connectivity index (χ4v) is 2.25. The van der Waals surface area contributed by atoms with Crippen LogP contribution in [0.4, 0.5) is 4.79 Å². The van der Waals surface area contributed by atoms with E-state index >= 15 is 0 Å². The molecule has 1 aliphatic rings. The zero-order valence-electron chi connectivity index (χ0n) is 13.0. The van der Waals surface area contributed by atoms with E-state index in [2.05, 4.69) is 26.1 Å². The molecule has 0 aromatic rings. The van der Waals surface area contributed by atoms with Gasteiger partial charge in [0, 0.05) is 13.2 Å². The highest BCUT2D eigenvalue weighted by atomic mass is 16.5. The lowest BCUT2D eigenvalue weighted by molar-refractivity contribution is -0.118. The molecule has 0 bridgehead atoms. The molecule has 2 atom stereocenters. The fourth-order valence-electron chi connectivity index (χ4n) is 2.25. The first-order valence-electron chi connectivity index (χ1n) is 7.77. The second-order valence-electron chi connectivity index (χ2n) is 5.62. The number of hydrogen-bond acceptors (Lipinski definition) is 3.